The van der Waals surface area contributed by atoms with Crippen molar-refractivity contribution >= 4 is 68.4 Å². The number of ether oxygens (including phenoxy) is 2. The van der Waals surface area contributed by atoms with Crippen LogP contribution in [0, 0.1) is 6.92 Å². The van der Waals surface area contributed by atoms with E-state index in [4.69, 9.17) is 22.7 Å². The molecule has 3 aliphatic heterocycles. The summed E-state index contributed by atoms with van der Waals surface area (Å²) in [4.78, 5) is 89.6. The summed E-state index contributed by atoms with van der Waals surface area (Å²) in [6, 6.07) is 71.7. The van der Waals surface area contributed by atoms with E-state index in [0.717, 1.165) is 69.2 Å². The first-order valence-electron chi connectivity index (χ1n) is 32.9. The van der Waals surface area contributed by atoms with Crippen LogP contribution in [0.2, 0.25) is 0 Å². The van der Waals surface area contributed by atoms with E-state index in [-0.39, 0.29) is 90.5 Å². The number of carbonyl (C=O) groups is 6. The van der Waals surface area contributed by atoms with Crippen LogP contribution in [0.3, 0.4) is 0 Å². The highest BCUT2D eigenvalue weighted by atomic mass is 16.5. The minimum Gasteiger partial charge on any atom is -0.497 e. The summed E-state index contributed by atoms with van der Waals surface area (Å²) in [7, 11) is 3.26. The van der Waals surface area contributed by atoms with Crippen LogP contribution in [0.5, 0.6) is 11.5 Å². The van der Waals surface area contributed by atoms with Crippen molar-refractivity contribution in [3.63, 3.8) is 0 Å². The molecule has 11 aromatic rings. The molecule has 6 amide bonds. The maximum atomic E-state index is 13.3. The summed E-state index contributed by atoms with van der Waals surface area (Å²) in [5.41, 5.74) is 8.71. The van der Waals surface area contributed by atoms with Gasteiger partial charge in [0.25, 0.3) is 17.7 Å². The van der Waals surface area contributed by atoms with Crippen LogP contribution < -0.4 is 9.47 Å². The topological polar surface area (TPSA) is 180 Å². The molecule has 3 unspecified atom stereocenters. The number of hydrogen-bond acceptors (Lipinski definition) is 11. The Morgan fingerprint density at radius 2 is 0.742 bits per heavy atom. The van der Waals surface area contributed by atoms with Crippen molar-refractivity contribution in [1.82, 2.24) is 29.4 Å². The van der Waals surface area contributed by atoms with E-state index in [2.05, 4.69) is 55.5 Å². The van der Waals surface area contributed by atoms with Crippen LogP contribution in [0.15, 0.2) is 238 Å². The van der Waals surface area contributed by atoms with Crippen LogP contribution in [0.1, 0.15) is 84.8 Å². The average Bonchev–Trinajstić information content (AvgIpc) is 1.94. The molecular formula is C80H78N6O11. The number of methoxy groups -OCH3 is 2. The fraction of sp³-hybridized carbons (Fsp3) is 0.250. The van der Waals surface area contributed by atoms with Gasteiger partial charge in [0.15, 0.2) is 17.3 Å². The Morgan fingerprint density at radius 3 is 1.13 bits per heavy atom. The predicted molar refractivity (Wildman–Crippen MR) is 372 cm³/mol. The third-order valence-corrected chi connectivity index (χ3v) is 18.2. The molecule has 0 spiro atoms. The normalized spacial score (nSPS) is 16.5. The molecule has 97 heavy (non-hydrogen) atoms. The molecule has 17 heteroatoms. The Labute approximate surface area is 563 Å². The second-order valence-electron chi connectivity index (χ2n) is 24.8. The summed E-state index contributed by atoms with van der Waals surface area (Å²) in [6.45, 7) is 7.20. The number of piperazine rings is 3. The molecule has 3 fully saturated rings. The number of benzene rings is 8. The summed E-state index contributed by atoms with van der Waals surface area (Å²) in [6.07, 6.45) is 3.04. The lowest BCUT2D eigenvalue weighted by Crippen LogP contribution is -2.58. The van der Waals surface area contributed by atoms with E-state index in [1.54, 1.807) is 47.1 Å². The Balaban J connectivity index is 0.000000139. The van der Waals surface area contributed by atoms with Gasteiger partial charge in [-0.15, -0.1) is 0 Å². The van der Waals surface area contributed by atoms with E-state index in [1.165, 1.54) is 11.1 Å². The van der Waals surface area contributed by atoms with Gasteiger partial charge in [0.1, 0.15) is 47.9 Å². The van der Waals surface area contributed by atoms with Crippen molar-refractivity contribution in [3.8, 4) is 11.5 Å². The van der Waals surface area contributed by atoms with Gasteiger partial charge in [-0.05, 0) is 121 Å². The van der Waals surface area contributed by atoms with Gasteiger partial charge in [0.2, 0.25) is 17.7 Å². The maximum Gasteiger partial charge on any atom is 0.290 e. The minimum atomic E-state index is -0.247. The predicted octanol–water partition coefficient (Wildman–Crippen LogP) is 13.5. The molecule has 3 aromatic heterocycles. The zero-order chi connectivity index (χ0) is 67.4. The van der Waals surface area contributed by atoms with Gasteiger partial charge in [-0.1, -0.05) is 176 Å². The van der Waals surface area contributed by atoms with E-state index in [0.29, 0.717) is 62.4 Å². The van der Waals surface area contributed by atoms with Crippen LogP contribution in [0.4, 0.5) is 0 Å². The van der Waals surface area contributed by atoms with Crippen molar-refractivity contribution in [2.45, 2.75) is 77.3 Å². The molecule has 8 aromatic carbocycles. The number of para-hydroxylation sites is 3. The largest absolute Gasteiger partial charge is 0.497 e. The molecule has 14 rings (SSSR count). The molecule has 6 heterocycles. The van der Waals surface area contributed by atoms with Crippen molar-refractivity contribution in [2.24, 2.45) is 0 Å². The third-order valence-electron chi connectivity index (χ3n) is 18.2. The molecule has 3 atom stereocenters. The number of carbonyl (C=O) groups excluding carboxylic acids is 6. The third kappa shape index (κ3) is 16.0. The second kappa shape index (κ2) is 30.5. The first kappa shape index (κ1) is 65.8. The van der Waals surface area contributed by atoms with Crippen LogP contribution >= 0.6 is 0 Å². The fourth-order valence-electron chi connectivity index (χ4n) is 12.9. The lowest BCUT2D eigenvalue weighted by atomic mass is 10.0. The first-order valence-corrected chi connectivity index (χ1v) is 32.9. The zero-order valence-corrected chi connectivity index (χ0v) is 55.0. The molecule has 0 saturated carbocycles. The smallest absolute Gasteiger partial charge is 0.290 e. The van der Waals surface area contributed by atoms with Gasteiger partial charge in [-0.2, -0.15) is 0 Å². The summed E-state index contributed by atoms with van der Waals surface area (Å²) in [5, 5.41) is 2.64. The molecule has 0 N–H and O–H groups in total. The summed E-state index contributed by atoms with van der Waals surface area (Å²) in [5.74, 6) is 1.49. The molecule has 0 aliphatic carbocycles. The Morgan fingerprint density at radius 1 is 0.402 bits per heavy atom. The van der Waals surface area contributed by atoms with Gasteiger partial charge < -0.3 is 52.1 Å². The number of aryl methyl sites for hydroxylation is 2. The number of nitrogens with zero attached hydrogens (tertiary/aromatic N) is 6. The monoisotopic (exact) mass is 1300 g/mol. The second-order valence-corrected chi connectivity index (χ2v) is 24.8. The average molecular weight is 1300 g/mol. The van der Waals surface area contributed by atoms with Gasteiger partial charge >= 0.3 is 0 Å². The van der Waals surface area contributed by atoms with Crippen LogP contribution in [-0.2, 0) is 46.9 Å². The highest BCUT2D eigenvalue weighted by molar-refractivity contribution is 6.00. The summed E-state index contributed by atoms with van der Waals surface area (Å²) < 4.78 is 27.7. The standard InChI is InChI=1S/C29H28N2O4.C28H26N2O3.C23H24N2O4/c1-34-25-15-12-22(13-16-25)18-31-24(14-11-21-7-3-2-4-8-21)19-30(20-28(31)32)29(33)27-17-23-9-5-6-10-26(23)35-27;1-20-11-13-22(14-12-20)17-30-24(15-21-7-3-2-4-8-21)18-29(19-27(30)31)28(32)26-16-23-9-5-6-10-25(23)33-26;1-3-18-14-24(23(27)21-12-17-6-4-5-7-20(17)29-21)15-22(26)25(18)13-16-8-10-19(28-2)11-9-16/h2-10,12-13,15-17,24H,11,14,18-20H2,1H3;2-14,16,24H,15,17-19H2,1H3;4-12,18H,3,13-15H2,1-2H3. The minimum absolute atomic E-state index is 0.0355. The Kier molecular flexibility index (Phi) is 20.7. The Hall–Kier alpha value is -11.2. The molecule has 3 aliphatic rings. The highest BCUT2D eigenvalue weighted by Crippen LogP contribution is 2.29. The van der Waals surface area contributed by atoms with Gasteiger partial charge in [-0.25, -0.2) is 0 Å². The highest BCUT2D eigenvalue weighted by Gasteiger charge is 2.39. The van der Waals surface area contributed by atoms with Crippen LogP contribution in [-0.4, -0.2) is 136 Å². The molecule has 494 valence electrons. The quantitative estimate of drug-likeness (QED) is 0.0846. The van der Waals surface area contributed by atoms with E-state index >= 15 is 0 Å². The van der Waals surface area contributed by atoms with E-state index < -0.39 is 0 Å². The summed E-state index contributed by atoms with van der Waals surface area (Å²) >= 11 is 0. The van der Waals surface area contributed by atoms with Crippen molar-refractivity contribution in [3.05, 3.63) is 275 Å². The number of amides is 6. The fourth-order valence-corrected chi connectivity index (χ4v) is 12.9. The number of rotatable bonds is 17. The van der Waals surface area contributed by atoms with Crippen LogP contribution in [0.25, 0.3) is 32.9 Å². The SMILES string of the molecule is CCC1CN(C(=O)c2cc3ccccc3o2)CC(=O)N1Cc1ccc(OC)cc1.COc1ccc(CN2C(=O)CN(C(=O)c3cc4ccccc4o3)CC2CCc2ccccc2)cc1.Cc1ccc(CN2C(=O)CN(C(=O)c3cc4ccccc4o3)CC2Cc2ccccc2)cc1. The number of fused-ring (bicyclic) bond motifs is 3. The van der Waals surface area contributed by atoms with Crippen molar-refractivity contribution < 1.29 is 51.5 Å². The first-order chi connectivity index (χ1) is 47.2. The lowest BCUT2D eigenvalue weighted by molar-refractivity contribution is -0.140. The molecule has 0 bridgehead atoms. The molecule has 3 saturated heterocycles. The van der Waals surface area contributed by atoms with Gasteiger partial charge in [0.05, 0.1) is 26.3 Å². The molecule has 0 radical (unpaired) electrons. The zero-order valence-electron chi connectivity index (χ0n) is 55.0. The van der Waals surface area contributed by atoms with Crippen molar-refractivity contribution in [1.29, 1.82) is 0 Å². The molecule has 17 nitrogen and oxygen atoms in total. The van der Waals surface area contributed by atoms with Gasteiger partial charge in [-0.3, -0.25) is 28.8 Å². The number of hydrogen-bond donors (Lipinski definition) is 0. The lowest BCUT2D eigenvalue weighted by Gasteiger charge is -2.41. The number of furan rings is 3. The Bertz CT molecular complexity index is 4430. The maximum absolute atomic E-state index is 13.3. The molecular weight excluding hydrogens is 1220 g/mol. The van der Waals surface area contributed by atoms with E-state index in [9.17, 15) is 28.8 Å². The van der Waals surface area contributed by atoms with E-state index in [1.807, 2.05) is 179 Å². The van der Waals surface area contributed by atoms with Crippen molar-refractivity contribution in [2.75, 3.05) is 53.5 Å². The van der Waals surface area contributed by atoms with Gasteiger partial charge in [0, 0.05) is 61.5 Å².